The maximum atomic E-state index is 12.1. The third-order valence-corrected chi connectivity index (χ3v) is 4.35. The number of benzene rings is 1. The summed E-state index contributed by atoms with van der Waals surface area (Å²) in [6.45, 7) is 3.35. The number of aryl methyl sites for hydroxylation is 1. The van der Waals surface area contributed by atoms with Gasteiger partial charge in [-0.25, -0.2) is 18.1 Å². The van der Waals surface area contributed by atoms with Gasteiger partial charge in [0.05, 0.1) is 4.90 Å². The number of nitrogens with zero attached hydrogens (tertiary/aromatic N) is 2. The molecule has 1 heterocycles. The summed E-state index contributed by atoms with van der Waals surface area (Å²) in [5.74, 6) is 0.0136. The Morgan fingerprint density at radius 2 is 2.08 bits per heavy atom. The number of carbonyl (C=O) groups is 1. The van der Waals surface area contributed by atoms with Crippen molar-refractivity contribution in [3.8, 4) is 0 Å². The second-order valence-corrected chi connectivity index (χ2v) is 6.48. The van der Waals surface area contributed by atoms with Crippen LogP contribution in [0.5, 0.6) is 0 Å². The fourth-order valence-electron chi connectivity index (χ4n) is 1.67. The number of hydrogen-bond acceptors (Lipinski definition) is 7. The molecule has 0 spiro atoms. The van der Waals surface area contributed by atoms with Crippen LogP contribution >= 0.6 is 0 Å². The van der Waals surface area contributed by atoms with Crippen LogP contribution in [0, 0.1) is 6.92 Å². The molecule has 0 bridgehead atoms. The molecule has 8 nitrogen and oxygen atoms in total. The average molecular weight is 359 g/mol. The largest absolute Gasteiger partial charge is 1.00 e. The Balaban J connectivity index is 0.00000288. The number of nitrogen functional groups attached to an aromatic ring is 1. The number of rotatable bonds is 5. The van der Waals surface area contributed by atoms with Gasteiger partial charge in [0, 0.05) is 23.9 Å². The van der Waals surface area contributed by atoms with Gasteiger partial charge in [-0.2, -0.15) is 4.98 Å². The maximum Gasteiger partial charge on any atom is 1.00 e. The van der Waals surface area contributed by atoms with Crippen molar-refractivity contribution in [1.82, 2.24) is 14.7 Å². The van der Waals surface area contributed by atoms with Crippen LogP contribution in [-0.2, 0) is 14.8 Å². The van der Waals surface area contributed by atoms with E-state index in [9.17, 15) is 13.2 Å². The van der Waals surface area contributed by atoms with Crippen molar-refractivity contribution in [1.29, 1.82) is 0 Å². The number of nitrogens with two attached hydrogens (primary N) is 1. The van der Waals surface area contributed by atoms with Gasteiger partial charge in [-0.3, -0.25) is 4.79 Å². The van der Waals surface area contributed by atoms with E-state index >= 15 is 0 Å². The molecule has 2 rings (SSSR count). The van der Waals surface area contributed by atoms with Crippen molar-refractivity contribution >= 4 is 33.4 Å². The molecular weight excluding hydrogens is 341 g/mol. The molecule has 0 aliphatic carbocycles. The number of hydrogen-bond donors (Lipinski definition) is 3. The van der Waals surface area contributed by atoms with E-state index in [1.54, 1.807) is 32.2 Å². The molecule has 0 fully saturated rings. The third-order valence-electron chi connectivity index (χ3n) is 2.98. The predicted octanol–water partition coefficient (Wildman–Crippen LogP) is -1.56. The third kappa shape index (κ3) is 5.17. The van der Waals surface area contributed by atoms with Crippen LogP contribution < -0.4 is 45.3 Å². The molecule has 0 atom stereocenters. The van der Waals surface area contributed by atoms with Crippen LogP contribution in [0.3, 0.4) is 0 Å². The number of carbonyl (C=O) groups excluding carboxylic acids is 1. The van der Waals surface area contributed by atoms with E-state index in [-0.39, 0.29) is 48.2 Å². The minimum absolute atomic E-state index is 0. The molecule has 0 aliphatic rings. The molecule has 1 aromatic heterocycles. The zero-order valence-corrected chi connectivity index (χ0v) is 16.5. The number of anilines is 3. The average Bonchev–Trinajstić information content (AvgIpc) is 2.51. The van der Waals surface area contributed by atoms with Gasteiger partial charge >= 0.3 is 29.6 Å². The molecule has 2 aromatic rings. The smallest absolute Gasteiger partial charge is 1.00 e. The van der Waals surface area contributed by atoms with Gasteiger partial charge in [0.25, 0.3) is 10.0 Å². The minimum Gasteiger partial charge on any atom is -1.00 e. The van der Waals surface area contributed by atoms with Crippen LogP contribution in [0.15, 0.2) is 35.4 Å². The van der Waals surface area contributed by atoms with Gasteiger partial charge in [0.1, 0.15) is 5.82 Å². The van der Waals surface area contributed by atoms with Crippen LogP contribution in [-0.4, -0.2) is 24.3 Å². The van der Waals surface area contributed by atoms with Crippen molar-refractivity contribution in [2.45, 2.75) is 25.2 Å². The summed E-state index contributed by atoms with van der Waals surface area (Å²) in [6.07, 6.45) is 1.64. The van der Waals surface area contributed by atoms with E-state index in [1.165, 1.54) is 12.1 Å². The van der Waals surface area contributed by atoms with Gasteiger partial charge < -0.3 is 12.5 Å². The molecule has 1 amide bonds. The SMILES string of the molecule is CCC(=O)NS(=O)(=O)c1cccc(Nc2ncc(C)c(N)n2)c1.[H-].[Na+]. The molecule has 0 radical (unpaired) electrons. The van der Waals surface area contributed by atoms with Crippen LogP contribution in [0.1, 0.15) is 20.3 Å². The number of aromatic nitrogens is 2. The first-order chi connectivity index (χ1) is 10.8. The van der Waals surface area contributed by atoms with Crippen molar-refractivity contribution in [2.24, 2.45) is 0 Å². The first-order valence-electron chi connectivity index (χ1n) is 6.83. The van der Waals surface area contributed by atoms with E-state index in [1.807, 2.05) is 4.72 Å². The van der Waals surface area contributed by atoms with Gasteiger partial charge in [0.2, 0.25) is 11.9 Å². The molecule has 0 aliphatic heterocycles. The van der Waals surface area contributed by atoms with Crippen LogP contribution in [0.4, 0.5) is 17.5 Å². The van der Waals surface area contributed by atoms with E-state index in [0.717, 1.165) is 5.56 Å². The monoisotopic (exact) mass is 359 g/mol. The number of nitrogens with one attached hydrogen (secondary N) is 2. The molecule has 4 N–H and O–H groups in total. The second-order valence-electron chi connectivity index (χ2n) is 4.80. The fourth-order valence-corrected chi connectivity index (χ4v) is 2.77. The Bertz CT molecular complexity index is 848. The first kappa shape index (κ1) is 20.4. The quantitative estimate of drug-likeness (QED) is 0.551. The first-order valence-corrected chi connectivity index (χ1v) is 8.32. The molecule has 10 heteroatoms. The van der Waals surface area contributed by atoms with Gasteiger partial charge in [-0.05, 0) is 25.1 Å². The summed E-state index contributed by atoms with van der Waals surface area (Å²) in [5.41, 5.74) is 6.91. The van der Waals surface area contributed by atoms with Crippen LogP contribution in [0.2, 0.25) is 0 Å². The van der Waals surface area contributed by atoms with E-state index in [4.69, 9.17) is 5.73 Å². The van der Waals surface area contributed by atoms with Gasteiger partial charge in [0.15, 0.2) is 0 Å². The fraction of sp³-hybridized carbons (Fsp3) is 0.214. The van der Waals surface area contributed by atoms with Crippen molar-refractivity contribution in [3.05, 3.63) is 36.0 Å². The zero-order valence-electron chi connectivity index (χ0n) is 14.7. The Morgan fingerprint density at radius 1 is 1.38 bits per heavy atom. The Morgan fingerprint density at radius 3 is 2.71 bits per heavy atom. The minimum atomic E-state index is -3.91. The second kappa shape index (κ2) is 8.43. The molecule has 0 saturated heterocycles. The summed E-state index contributed by atoms with van der Waals surface area (Å²) in [4.78, 5) is 19.4. The zero-order chi connectivity index (χ0) is 17.0. The van der Waals surface area contributed by atoms with E-state index < -0.39 is 15.9 Å². The van der Waals surface area contributed by atoms with E-state index in [0.29, 0.717) is 11.5 Å². The Kier molecular flexibility index (Phi) is 7.15. The maximum absolute atomic E-state index is 12.1. The van der Waals surface area contributed by atoms with Gasteiger partial charge in [-0.1, -0.05) is 13.0 Å². The van der Waals surface area contributed by atoms with Crippen molar-refractivity contribution in [2.75, 3.05) is 11.1 Å². The summed E-state index contributed by atoms with van der Waals surface area (Å²) in [5, 5.41) is 2.87. The topological polar surface area (TPSA) is 127 Å². The Labute approximate surface area is 164 Å². The molecule has 124 valence electrons. The number of sulfonamides is 1. The van der Waals surface area contributed by atoms with Crippen molar-refractivity contribution in [3.63, 3.8) is 0 Å². The van der Waals surface area contributed by atoms with E-state index in [2.05, 4.69) is 15.3 Å². The standard InChI is InChI=1S/C14H17N5O3S.Na.H/c1-3-12(20)19-23(21,22)11-6-4-5-10(7-11)17-14-16-8-9(2)13(15)18-14;;/h4-8H,3H2,1-2H3,(H,19,20)(H3,15,16,17,18);;/q;+1;-1. The van der Waals surface area contributed by atoms with Crippen molar-refractivity contribution < 1.29 is 44.2 Å². The summed E-state index contributed by atoms with van der Waals surface area (Å²) in [7, 11) is -3.91. The Hall–Kier alpha value is -1.68. The normalized spacial score (nSPS) is 10.6. The summed E-state index contributed by atoms with van der Waals surface area (Å²) in [6, 6.07) is 5.97. The summed E-state index contributed by atoms with van der Waals surface area (Å²) < 4.78 is 26.2. The molecule has 24 heavy (non-hydrogen) atoms. The molecular formula is C14H18N5NaO3S. The summed E-state index contributed by atoms with van der Waals surface area (Å²) >= 11 is 0. The molecule has 0 saturated carbocycles. The predicted molar refractivity (Wildman–Crippen MR) is 87.6 cm³/mol. The number of amides is 1. The van der Waals surface area contributed by atoms with Gasteiger partial charge in [-0.15, -0.1) is 0 Å². The van der Waals surface area contributed by atoms with Crippen LogP contribution in [0.25, 0.3) is 0 Å². The molecule has 1 aromatic carbocycles. The molecule has 0 unspecified atom stereocenters.